The monoisotopic (exact) mass is 251 g/mol. The van der Waals surface area contributed by atoms with E-state index in [4.69, 9.17) is 10.3 Å². The van der Waals surface area contributed by atoms with Gasteiger partial charge in [0.15, 0.2) is 5.82 Å². The minimum absolute atomic E-state index is 0.215. The van der Waals surface area contributed by atoms with E-state index in [0.717, 1.165) is 18.7 Å². The zero-order valence-electron chi connectivity index (χ0n) is 12.4. The standard InChI is InChI=1S/C14H25N3O/c1-7-14(15,8-2)11-16-10(18-17-11)9-12(3,4)13(9,5)6/h9H,7-8,15H2,1-6H3. The SMILES string of the molecule is CCC(N)(CC)c1noc(C2C(C)(C)C2(C)C)n1. The van der Waals surface area contributed by atoms with Gasteiger partial charge in [0.25, 0.3) is 0 Å². The van der Waals surface area contributed by atoms with Crippen molar-refractivity contribution in [3.05, 3.63) is 11.7 Å². The van der Waals surface area contributed by atoms with E-state index in [-0.39, 0.29) is 10.8 Å². The zero-order chi connectivity index (χ0) is 13.8. The van der Waals surface area contributed by atoms with E-state index in [9.17, 15) is 0 Å². The summed E-state index contributed by atoms with van der Waals surface area (Å²) in [5.74, 6) is 1.74. The molecule has 0 saturated heterocycles. The first-order chi connectivity index (χ1) is 8.20. The molecule has 2 N–H and O–H groups in total. The summed E-state index contributed by atoms with van der Waals surface area (Å²) in [5.41, 5.74) is 6.28. The normalized spacial score (nSPS) is 22.2. The highest BCUT2D eigenvalue weighted by molar-refractivity contribution is 5.25. The molecule has 0 aliphatic heterocycles. The smallest absolute Gasteiger partial charge is 0.230 e. The second-order valence-corrected chi connectivity index (χ2v) is 6.70. The van der Waals surface area contributed by atoms with Crippen LogP contribution in [-0.2, 0) is 5.54 Å². The molecule has 0 radical (unpaired) electrons. The van der Waals surface area contributed by atoms with Gasteiger partial charge in [-0.15, -0.1) is 0 Å². The van der Waals surface area contributed by atoms with Crippen LogP contribution >= 0.6 is 0 Å². The van der Waals surface area contributed by atoms with Crippen molar-refractivity contribution in [3.8, 4) is 0 Å². The molecule has 4 heteroatoms. The Labute approximate surface area is 109 Å². The van der Waals surface area contributed by atoms with Crippen molar-refractivity contribution in [2.45, 2.75) is 65.8 Å². The van der Waals surface area contributed by atoms with E-state index in [1.54, 1.807) is 0 Å². The van der Waals surface area contributed by atoms with Crippen molar-refractivity contribution in [2.24, 2.45) is 16.6 Å². The molecular weight excluding hydrogens is 226 g/mol. The second kappa shape index (κ2) is 3.80. The Hall–Kier alpha value is -0.900. The van der Waals surface area contributed by atoms with Gasteiger partial charge in [-0.1, -0.05) is 46.7 Å². The van der Waals surface area contributed by atoms with Crippen LogP contribution in [0.25, 0.3) is 0 Å². The van der Waals surface area contributed by atoms with Crippen LogP contribution in [0.15, 0.2) is 4.52 Å². The molecule has 0 bridgehead atoms. The molecule has 102 valence electrons. The summed E-state index contributed by atoms with van der Waals surface area (Å²) in [7, 11) is 0. The largest absolute Gasteiger partial charge is 0.339 e. The Kier molecular flexibility index (Phi) is 2.85. The number of hydrogen-bond acceptors (Lipinski definition) is 4. The summed E-state index contributed by atoms with van der Waals surface area (Å²) >= 11 is 0. The molecule has 1 saturated carbocycles. The molecule has 0 aromatic carbocycles. The van der Waals surface area contributed by atoms with Gasteiger partial charge in [-0.3, -0.25) is 0 Å². The van der Waals surface area contributed by atoms with Gasteiger partial charge in [-0.25, -0.2) is 0 Å². The van der Waals surface area contributed by atoms with Crippen LogP contribution in [0.4, 0.5) is 0 Å². The van der Waals surface area contributed by atoms with Gasteiger partial charge >= 0.3 is 0 Å². The van der Waals surface area contributed by atoms with E-state index in [1.165, 1.54) is 0 Å². The first kappa shape index (κ1) is 13.5. The first-order valence-corrected chi connectivity index (χ1v) is 6.83. The molecule has 1 fully saturated rings. The molecule has 18 heavy (non-hydrogen) atoms. The predicted molar refractivity (Wildman–Crippen MR) is 71.0 cm³/mol. The van der Waals surface area contributed by atoms with E-state index >= 15 is 0 Å². The predicted octanol–water partition coefficient (Wildman–Crippen LogP) is 3.19. The third kappa shape index (κ3) is 1.62. The van der Waals surface area contributed by atoms with Crippen LogP contribution in [0, 0.1) is 10.8 Å². The first-order valence-electron chi connectivity index (χ1n) is 6.83. The maximum atomic E-state index is 6.30. The highest BCUT2D eigenvalue weighted by Crippen LogP contribution is 2.73. The van der Waals surface area contributed by atoms with Gasteiger partial charge in [0.2, 0.25) is 5.89 Å². The lowest BCUT2D eigenvalue weighted by atomic mass is 9.93. The molecule has 0 unspecified atom stereocenters. The third-order valence-electron chi connectivity index (χ3n) is 5.42. The molecule has 1 aromatic heterocycles. The highest BCUT2D eigenvalue weighted by Gasteiger charge is 2.68. The molecule has 0 atom stereocenters. The van der Waals surface area contributed by atoms with Crippen LogP contribution in [0.3, 0.4) is 0 Å². The zero-order valence-corrected chi connectivity index (χ0v) is 12.4. The van der Waals surface area contributed by atoms with E-state index in [2.05, 4.69) is 51.7 Å². The average molecular weight is 251 g/mol. The molecule has 1 heterocycles. The van der Waals surface area contributed by atoms with Gasteiger partial charge in [-0.2, -0.15) is 4.98 Å². The average Bonchev–Trinajstić information content (AvgIpc) is 2.70. The summed E-state index contributed by atoms with van der Waals surface area (Å²) in [4.78, 5) is 4.57. The lowest BCUT2D eigenvalue weighted by Crippen LogP contribution is -2.36. The quantitative estimate of drug-likeness (QED) is 0.892. The lowest BCUT2D eigenvalue weighted by molar-refractivity contribution is 0.330. The molecule has 1 aliphatic rings. The molecule has 4 nitrogen and oxygen atoms in total. The van der Waals surface area contributed by atoms with Crippen molar-refractivity contribution in [1.82, 2.24) is 10.1 Å². The molecule has 1 aromatic rings. The van der Waals surface area contributed by atoms with Crippen LogP contribution in [0.5, 0.6) is 0 Å². The maximum Gasteiger partial charge on any atom is 0.230 e. The summed E-state index contributed by atoms with van der Waals surface area (Å²) in [6.07, 6.45) is 1.64. The van der Waals surface area contributed by atoms with Crippen LogP contribution in [-0.4, -0.2) is 10.1 Å². The topological polar surface area (TPSA) is 64.9 Å². The van der Waals surface area contributed by atoms with Crippen molar-refractivity contribution < 1.29 is 4.52 Å². The second-order valence-electron chi connectivity index (χ2n) is 6.70. The Morgan fingerprint density at radius 2 is 1.67 bits per heavy atom. The molecule has 0 spiro atoms. The fraction of sp³-hybridized carbons (Fsp3) is 0.857. The fourth-order valence-electron chi connectivity index (χ4n) is 2.93. The molecule has 2 rings (SSSR count). The van der Waals surface area contributed by atoms with Gasteiger partial charge in [-0.05, 0) is 23.7 Å². The summed E-state index contributed by atoms with van der Waals surface area (Å²) in [6, 6.07) is 0. The Morgan fingerprint density at radius 3 is 2.06 bits per heavy atom. The highest BCUT2D eigenvalue weighted by atomic mass is 16.5. The van der Waals surface area contributed by atoms with E-state index < -0.39 is 5.54 Å². The Morgan fingerprint density at radius 1 is 1.17 bits per heavy atom. The van der Waals surface area contributed by atoms with Gasteiger partial charge in [0.05, 0.1) is 5.54 Å². The van der Waals surface area contributed by atoms with Crippen LogP contribution in [0.2, 0.25) is 0 Å². The van der Waals surface area contributed by atoms with E-state index in [1.807, 2.05) is 0 Å². The van der Waals surface area contributed by atoms with Crippen molar-refractivity contribution in [1.29, 1.82) is 0 Å². The third-order valence-corrected chi connectivity index (χ3v) is 5.42. The number of nitrogens with zero attached hydrogens (tertiary/aromatic N) is 2. The van der Waals surface area contributed by atoms with E-state index in [0.29, 0.717) is 11.7 Å². The number of aromatic nitrogens is 2. The number of nitrogens with two attached hydrogens (primary N) is 1. The summed E-state index contributed by atoms with van der Waals surface area (Å²) in [5, 5.41) is 4.11. The number of rotatable bonds is 4. The maximum absolute atomic E-state index is 6.30. The number of hydrogen-bond donors (Lipinski definition) is 1. The van der Waals surface area contributed by atoms with Crippen molar-refractivity contribution in [3.63, 3.8) is 0 Å². The van der Waals surface area contributed by atoms with Crippen molar-refractivity contribution in [2.75, 3.05) is 0 Å². The minimum atomic E-state index is -0.453. The Balaban J connectivity index is 2.28. The van der Waals surface area contributed by atoms with Gasteiger partial charge in [0.1, 0.15) is 0 Å². The van der Waals surface area contributed by atoms with Crippen LogP contribution < -0.4 is 5.73 Å². The molecular formula is C14H25N3O. The molecule has 1 aliphatic carbocycles. The van der Waals surface area contributed by atoms with Gasteiger partial charge < -0.3 is 10.3 Å². The Bertz CT molecular complexity index is 430. The molecule has 0 amide bonds. The van der Waals surface area contributed by atoms with Crippen LogP contribution in [0.1, 0.15) is 72.0 Å². The minimum Gasteiger partial charge on any atom is -0.339 e. The van der Waals surface area contributed by atoms with Gasteiger partial charge in [0, 0.05) is 5.92 Å². The summed E-state index contributed by atoms with van der Waals surface area (Å²) < 4.78 is 5.47. The summed E-state index contributed by atoms with van der Waals surface area (Å²) in [6.45, 7) is 13.1. The lowest BCUT2D eigenvalue weighted by Gasteiger charge is -2.21. The fourth-order valence-corrected chi connectivity index (χ4v) is 2.93. The van der Waals surface area contributed by atoms with Crippen molar-refractivity contribution >= 4 is 0 Å².